The Morgan fingerprint density at radius 2 is 1.92 bits per heavy atom. The molecule has 2 atom stereocenters. The van der Waals surface area contributed by atoms with Gasteiger partial charge >= 0.3 is 0 Å². The zero-order chi connectivity index (χ0) is 18.9. The Hall–Kier alpha value is -1.23. The highest BCUT2D eigenvalue weighted by Crippen LogP contribution is 2.19. The van der Waals surface area contributed by atoms with Crippen molar-refractivity contribution >= 4 is 39.8 Å². The summed E-state index contributed by atoms with van der Waals surface area (Å²) in [5.74, 6) is 2.24. The minimum Gasteiger partial charge on any atom is -0.497 e. The molecule has 0 spiro atoms. The maximum Gasteiger partial charge on any atom is 0.191 e. The number of hydrogen-bond acceptors (Lipinski definition) is 5. The van der Waals surface area contributed by atoms with Crippen molar-refractivity contribution in [2.45, 2.75) is 32.4 Å². The molecule has 1 rings (SSSR count). The van der Waals surface area contributed by atoms with Crippen LogP contribution in [0.2, 0.25) is 0 Å². The summed E-state index contributed by atoms with van der Waals surface area (Å²) < 4.78 is 33.5. The smallest absolute Gasteiger partial charge is 0.191 e. The molecule has 0 aliphatic carbocycles. The molecule has 0 saturated heterocycles. The van der Waals surface area contributed by atoms with Crippen molar-refractivity contribution in [2.24, 2.45) is 4.99 Å². The van der Waals surface area contributed by atoms with Gasteiger partial charge in [-0.05, 0) is 32.4 Å². The Bertz CT molecular complexity index is 668. The Kier molecular flexibility index (Phi) is 11.6. The van der Waals surface area contributed by atoms with E-state index in [-0.39, 0.29) is 41.9 Å². The van der Waals surface area contributed by atoms with Gasteiger partial charge in [0.15, 0.2) is 5.96 Å². The lowest BCUT2D eigenvalue weighted by molar-refractivity contribution is 0.223. The number of ether oxygens (including phenoxy) is 2. The second kappa shape index (κ2) is 12.2. The van der Waals surface area contributed by atoms with Crippen LogP contribution >= 0.6 is 24.0 Å². The van der Waals surface area contributed by atoms with Gasteiger partial charge in [0.2, 0.25) is 0 Å². The number of sulfone groups is 1. The first kappa shape index (κ1) is 24.8. The van der Waals surface area contributed by atoms with Gasteiger partial charge in [0.25, 0.3) is 0 Å². The van der Waals surface area contributed by atoms with Crippen molar-refractivity contribution in [1.29, 1.82) is 0 Å². The van der Waals surface area contributed by atoms with E-state index in [9.17, 15) is 8.42 Å². The van der Waals surface area contributed by atoms with Crippen molar-refractivity contribution in [1.82, 2.24) is 10.6 Å². The number of hydrogen-bond donors (Lipinski definition) is 2. The highest BCUT2D eigenvalue weighted by atomic mass is 127. The highest BCUT2D eigenvalue weighted by molar-refractivity contribution is 14.0. The van der Waals surface area contributed by atoms with Crippen LogP contribution in [-0.2, 0) is 9.84 Å². The van der Waals surface area contributed by atoms with Crippen LogP contribution in [0, 0.1) is 0 Å². The van der Waals surface area contributed by atoms with E-state index < -0.39 is 9.84 Å². The zero-order valence-corrected chi connectivity index (χ0v) is 19.1. The van der Waals surface area contributed by atoms with Gasteiger partial charge in [-0.1, -0.05) is 6.07 Å². The van der Waals surface area contributed by atoms with Gasteiger partial charge < -0.3 is 20.1 Å². The first-order chi connectivity index (χ1) is 11.7. The van der Waals surface area contributed by atoms with Crippen molar-refractivity contribution in [3.63, 3.8) is 0 Å². The molecule has 0 bridgehead atoms. The van der Waals surface area contributed by atoms with Crippen LogP contribution in [0.1, 0.15) is 20.3 Å². The molecule has 0 aliphatic rings. The maximum absolute atomic E-state index is 11.2. The molecule has 26 heavy (non-hydrogen) atoms. The molecule has 1 aromatic carbocycles. The van der Waals surface area contributed by atoms with Crippen LogP contribution in [0.25, 0.3) is 0 Å². The van der Waals surface area contributed by atoms with Crippen molar-refractivity contribution in [3.8, 4) is 11.5 Å². The standard InChI is InChI=1S/C17H29N3O4S.HI/c1-13(9-10-25(5,21)22)20-17(18-3)19-12-14(2)24-16-8-6-7-15(11-16)23-4;/h6-8,11,13-14H,9-10,12H2,1-5H3,(H2,18,19,20);1H. The monoisotopic (exact) mass is 499 g/mol. The molecular formula is C17H30IN3O4S. The van der Waals surface area contributed by atoms with Gasteiger partial charge in [-0.15, -0.1) is 24.0 Å². The van der Waals surface area contributed by atoms with E-state index in [4.69, 9.17) is 9.47 Å². The fourth-order valence-corrected chi connectivity index (χ4v) is 2.86. The predicted octanol–water partition coefficient (Wildman–Crippen LogP) is 2.07. The van der Waals surface area contributed by atoms with Gasteiger partial charge in [-0.3, -0.25) is 4.99 Å². The number of guanidine groups is 1. The maximum atomic E-state index is 11.2. The Morgan fingerprint density at radius 3 is 2.50 bits per heavy atom. The predicted molar refractivity (Wildman–Crippen MR) is 117 cm³/mol. The number of halogens is 1. The van der Waals surface area contributed by atoms with Gasteiger partial charge in [0, 0.05) is 25.4 Å². The topological polar surface area (TPSA) is 89.0 Å². The van der Waals surface area contributed by atoms with E-state index in [0.717, 1.165) is 11.5 Å². The SMILES string of the molecule is CN=C(NCC(C)Oc1cccc(OC)c1)NC(C)CCS(C)(=O)=O.I. The van der Waals surface area contributed by atoms with Crippen LogP contribution in [0.5, 0.6) is 11.5 Å². The molecule has 0 fully saturated rings. The average molecular weight is 499 g/mol. The molecule has 0 radical (unpaired) electrons. The Balaban J connectivity index is 0.00000625. The zero-order valence-electron chi connectivity index (χ0n) is 16.0. The molecule has 1 aromatic rings. The van der Waals surface area contributed by atoms with Gasteiger partial charge in [-0.2, -0.15) is 0 Å². The minimum atomic E-state index is -2.96. The third kappa shape index (κ3) is 10.7. The molecule has 0 aliphatic heterocycles. The number of aliphatic imine (C=N–C) groups is 1. The lowest BCUT2D eigenvalue weighted by atomic mass is 10.3. The number of nitrogens with one attached hydrogen (secondary N) is 2. The lowest BCUT2D eigenvalue weighted by Crippen LogP contribution is -2.45. The molecule has 150 valence electrons. The van der Waals surface area contributed by atoms with E-state index in [1.807, 2.05) is 38.1 Å². The first-order valence-electron chi connectivity index (χ1n) is 8.19. The van der Waals surface area contributed by atoms with E-state index >= 15 is 0 Å². The molecule has 0 heterocycles. The third-order valence-electron chi connectivity index (χ3n) is 3.46. The summed E-state index contributed by atoms with van der Waals surface area (Å²) >= 11 is 0. The van der Waals surface area contributed by atoms with E-state index in [0.29, 0.717) is 18.9 Å². The van der Waals surface area contributed by atoms with Gasteiger partial charge in [0.05, 0.1) is 19.4 Å². The van der Waals surface area contributed by atoms with E-state index in [2.05, 4.69) is 15.6 Å². The Morgan fingerprint density at radius 1 is 1.27 bits per heavy atom. The van der Waals surface area contributed by atoms with Crippen LogP contribution in [0.3, 0.4) is 0 Å². The molecule has 9 heteroatoms. The number of methoxy groups -OCH3 is 1. The summed E-state index contributed by atoms with van der Waals surface area (Å²) in [4.78, 5) is 4.15. The Labute approximate surface area is 173 Å². The molecule has 7 nitrogen and oxygen atoms in total. The summed E-state index contributed by atoms with van der Waals surface area (Å²) in [6.45, 7) is 4.43. The number of benzene rings is 1. The highest BCUT2D eigenvalue weighted by Gasteiger charge is 2.11. The quantitative estimate of drug-likeness (QED) is 0.307. The molecule has 0 amide bonds. The number of rotatable bonds is 9. The second-order valence-corrected chi connectivity index (χ2v) is 8.28. The lowest BCUT2D eigenvalue weighted by Gasteiger charge is -2.20. The fourth-order valence-electron chi connectivity index (χ4n) is 2.08. The van der Waals surface area contributed by atoms with Crippen molar-refractivity contribution < 1.29 is 17.9 Å². The normalized spacial score (nSPS) is 14.0. The molecular weight excluding hydrogens is 469 g/mol. The second-order valence-electron chi connectivity index (χ2n) is 6.02. The average Bonchev–Trinajstić information content (AvgIpc) is 2.56. The van der Waals surface area contributed by atoms with Crippen molar-refractivity contribution in [2.75, 3.05) is 32.7 Å². The molecule has 0 saturated carbocycles. The largest absolute Gasteiger partial charge is 0.497 e. The summed E-state index contributed by atoms with van der Waals surface area (Å²) in [6, 6.07) is 7.43. The molecule has 0 aromatic heterocycles. The van der Waals surface area contributed by atoms with E-state index in [1.165, 1.54) is 6.26 Å². The number of nitrogens with zero attached hydrogens (tertiary/aromatic N) is 1. The summed E-state index contributed by atoms with van der Waals surface area (Å²) in [6.07, 6.45) is 1.68. The summed E-state index contributed by atoms with van der Waals surface area (Å²) in [5.41, 5.74) is 0. The van der Waals surface area contributed by atoms with Crippen LogP contribution in [-0.4, -0.2) is 59.2 Å². The van der Waals surface area contributed by atoms with Crippen molar-refractivity contribution in [3.05, 3.63) is 24.3 Å². The molecule has 2 N–H and O–H groups in total. The third-order valence-corrected chi connectivity index (χ3v) is 4.44. The first-order valence-corrected chi connectivity index (χ1v) is 10.2. The van der Waals surface area contributed by atoms with Crippen LogP contribution < -0.4 is 20.1 Å². The summed E-state index contributed by atoms with van der Waals surface area (Å²) in [7, 11) is 0.330. The van der Waals surface area contributed by atoms with Gasteiger partial charge in [-0.25, -0.2) is 8.42 Å². The summed E-state index contributed by atoms with van der Waals surface area (Å²) in [5, 5.41) is 6.35. The molecule has 2 unspecified atom stereocenters. The van der Waals surface area contributed by atoms with E-state index in [1.54, 1.807) is 14.2 Å². The fraction of sp³-hybridized carbons (Fsp3) is 0.588. The van der Waals surface area contributed by atoms with Crippen LogP contribution in [0.4, 0.5) is 0 Å². The minimum absolute atomic E-state index is 0. The van der Waals surface area contributed by atoms with Gasteiger partial charge in [0.1, 0.15) is 27.4 Å². The van der Waals surface area contributed by atoms with Crippen LogP contribution in [0.15, 0.2) is 29.3 Å².